The quantitative estimate of drug-likeness (QED) is 0.449. The smallest absolute Gasteiger partial charge is 0.385 e. The van der Waals surface area contributed by atoms with Crippen molar-refractivity contribution in [2.24, 2.45) is 0 Å². The number of carbonyl (C=O) groups excluding carboxylic acids is 1. The van der Waals surface area contributed by atoms with Gasteiger partial charge in [0.25, 0.3) is 0 Å². The minimum Gasteiger partial charge on any atom is -0.385 e. The first-order valence-electron chi connectivity index (χ1n) is 9.26. The van der Waals surface area contributed by atoms with Gasteiger partial charge in [0, 0.05) is 25.2 Å². The van der Waals surface area contributed by atoms with Crippen LogP contribution in [-0.4, -0.2) is 35.4 Å². The highest BCUT2D eigenvalue weighted by Gasteiger charge is 2.36. The number of allylic oxidation sites excluding steroid dienone is 1. The molecule has 3 rings (SSSR count). The van der Waals surface area contributed by atoms with Crippen LogP contribution in [0.1, 0.15) is 34.3 Å². The number of alkyl halides is 3. The molecule has 0 aliphatic carbocycles. The fraction of sp³-hybridized carbons (Fsp3) is 0.318. The van der Waals surface area contributed by atoms with Crippen LogP contribution in [0.5, 0.6) is 0 Å². The molecule has 0 spiro atoms. The summed E-state index contributed by atoms with van der Waals surface area (Å²) >= 11 is 0. The van der Waals surface area contributed by atoms with E-state index < -0.39 is 23.2 Å². The summed E-state index contributed by atoms with van der Waals surface area (Å²) in [6, 6.07) is 10.1. The molecule has 1 aliphatic heterocycles. The maximum atomic E-state index is 12.9. The monoisotopic (exact) mass is 407 g/mol. The van der Waals surface area contributed by atoms with Crippen molar-refractivity contribution >= 4 is 5.78 Å². The van der Waals surface area contributed by atoms with Crippen LogP contribution in [0.25, 0.3) is 0 Å². The summed E-state index contributed by atoms with van der Waals surface area (Å²) in [5.74, 6) is -0.644. The number of nitrogens with zero attached hydrogens (tertiary/aromatic N) is 1. The molecule has 0 radical (unpaired) electrons. The van der Waals surface area contributed by atoms with Crippen LogP contribution in [0.4, 0.5) is 17.6 Å². The Morgan fingerprint density at radius 3 is 2.38 bits per heavy atom. The normalized spacial score (nSPS) is 17.6. The lowest BCUT2D eigenvalue weighted by molar-refractivity contribution is -0.137. The lowest BCUT2D eigenvalue weighted by Gasteiger charge is -2.38. The molecule has 29 heavy (non-hydrogen) atoms. The van der Waals surface area contributed by atoms with E-state index in [0.717, 1.165) is 12.1 Å². The van der Waals surface area contributed by atoms with E-state index in [1.54, 1.807) is 6.08 Å². The fourth-order valence-electron chi connectivity index (χ4n) is 3.40. The summed E-state index contributed by atoms with van der Waals surface area (Å²) in [5, 5.41) is 10.8. The number of aliphatic hydroxyl groups is 1. The van der Waals surface area contributed by atoms with Gasteiger partial charge in [-0.05, 0) is 60.9 Å². The van der Waals surface area contributed by atoms with Gasteiger partial charge in [-0.15, -0.1) is 0 Å². The molecule has 0 bridgehead atoms. The van der Waals surface area contributed by atoms with Crippen LogP contribution in [0.15, 0.2) is 60.7 Å². The molecule has 1 aliphatic rings. The summed E-state index contributed by atoms with van der Waals surface area (Å²) in [5.41, 5.74) is -1.41. The Hall–Kier alpha value is -2.51. The maximum Gasteiger partial charge on any atom is 0.416 e. The van der Waals surface area contributed by atoms with Gasteiger partial charge in [-0.1, -0.05) is 18.2 Å². The van der Waals surface area contributed by atoms with Crippen LogP contribution in [0.3, 0.4) is 0 Å². The van der Waals surface area contributed by atoms with Gasteiger partial charge in [0.15, 0.2) is 5.78 Å². The van der Waals surface area contributed by atoms with E-state index in [1.165, 1.54) is 42.5 Å². The van der Waals surface area contributed by atoms with Gasteiger partial charge < -0.3 is 5.11 Å². The lowest BCUT2D eigenvalue weighted by atomic mass is 9.83. The van der Waals surface area contributed by atoms with E-state index in [9.17, 15) is 27.5 Å². The Balaban J connectivity index is 1.56. The zero-order valence-electron chi connectivity index (χ0n) is 15.6. The molecule has 7 heteroatoms. The number of benzene rings is 2. The van der Waals surface area contributed by atoms with Gasteiger partial charge in [-0.25, -0.2) is 4.39 Å². The summed E-state index contributed by atoms with van der Waals surface area (Å²) < 4.78 is 51.7. The molecule has 0 amide bonds. The van der Waals surface area contributed by atoms with E-state index in [4.69, 9.17) is 0 Å². The lowest BCUT2D eigenvalue weighted by Crippen LogP contribution is -2.42. The Bertz CT molecular complexity index is 882. The van der Waals surface area contributed by atoms with Gasteiger partial charge in [-0.2, -0.15) is 13.2 Å². The number of carbonyl (C=O) groups is 1. The predicted molar refractivity (Wildman–Crippen MR) is 101 cm³/mol. The molecule has 2 aromatic carbocycles. The van der Waals surface area contributed by atoms with Gasteiger partial charge in [0.2, 0.25) is 0 Å². The predicted octanol–water partition coefficient (Wildman–Crippen LogP) is 4.57. The van der Waals surface area contributed by atoms with Crippen LogP contribution in [0.2, 0.25) is 0 Å². The van der Waals surface area contributed by atoms with Gasteiger partial charge in [0.05, 0.1) is 11.2 Å². The molecular formula is C22H21F4NO2. The first-order valence-corrected chi connectivity index (χ1v) is 9.26. The second kappa shape index (κ2) is 8.47. The average molecular weight is 407 g/mol. The highest BCUT2D eigenvalue weighted by atomic mass is 19.4. The van der Waals surface area contributed by atoms with Crippen molar-refractivity contribution in [2.75, 3.05) is 19.6 Å². The van der Waals surface area contributed by atoms with Crippen molar-refractivity contribution < 1.29 is 27.5 Å². The number of hydrogen-bond acceptors (Lipinski definition) is 3. The molecule has 1 heterocycles. The minimum atomic E-state index is -4.45. The molecule has 2 aromatic rings. The maximum absolute atomic E-state index is 12.9. The second-order valence-electron chi connectivity index (χ2n) is 7.18. The van der Waals surface area contributed by atoms with Crippen LogP contribution in [-0.2, 0) is 11.8 Å². The number of hydrogen-bond donors (Lipinski definition) is 1. The van der Waals surface area contributed by atoms with Crippen molar-refractivity contribution in [1.82, 2.24) is 4.90 Å². The summed E-state index contributed by atoms with van der Waals surface area (Å²) in [7, 11) is 0. The Labute approximate surface area is 166 Å². The van der Waals surface area contributed by atoms with Gasteiger partial charge >= 0.3 is 6.18 Å². The minimum absolute atomic E-state index is 0.234. The largest absolute Gasteiger partial charge is 0.416 e. The first-order chi connectivity index (χ1) is 13.7. The van der Waals surface area contributed by atoms with Crippen molar-refractivity contribution in [1.29, 1.82) is 0 Å². The number of likely N-dealkylation sites (tertiary alicyclic amines) is 1. The number of piperidine rings is 1. The molecule has 0 aromatic heterocycles. The average Bonchev–Trinajstić information content (AvgIpc) is 2.69. The third kappa shape index (κ3) is 5.31. The molecule has 0 unspecified atom stereocenters. The van der Waals surface area contributed by atoms with Crippen molar-refractivity contribution in [3.8, 4) is 0 Å². The Morgan fingerprint density at radius 1 is 1.10 bits per heavy atom. The molecule has 1 saturated heterocycles. The third-order valence-corrected chi connectivity index (χ3v) is 5.17. The summed E-state index contributed by atoms with van der Waals surface area (Å²) in [4.78, 5) is 14.0. The molecule has 0 saturated carbocycles. The number of halogens is 4. The zero-order valence-corrected chi connectivity index (χ0v) is 15.6. The van der Waals surface area contributed by atoms with Crippen molar-refractivity contribution in [3.05, 3.63) is 83.2 Å². The number of ketones is 1. The summed E-state index contributed by atoms with van der Waals surface area (Å²) in [6.45, 7) is 1.45. The van der Waals surface area contributed by atoms with E-state index in [2.05, 4.69) is 0 Å². The first kappa shape index (κ1) is 21.2. The van der Waals surface area contributed by atoms with Crippen molar-refractivity contribution in [2.45, 2.75) is 24.6 Å². The Morgan fingerprint density at radius 2 is 1.76 bits per heavy atom. The molecule has 154 valence electrons. The molecule has 0 atom stereocenters. The molecule has 3 nitrogen and oxygen atoms in total. The number of rotatable bonds is 5. The van der Waals surface area contributed by atoms with E-state index in [-0.39, 0.29) is 11.3 Å². The van der Waals surface area contributed by atoms with E-state index in [1.807, 2.05) is 4.90 Å². The third-order valence-electron chi connectivity index (χ3n) is 5.17. The fourth-order valence-corrected chi connectivity index (χ4v) is 3.40. The van der Waals surface area contributed by atoms with Crippen LogP contribution < -0.4 is 0 Å². The van der Waals surface area contributed by atoms with Gasteiger partial charge in [0.1, 0.15) is 5.82 Å². The zero-order chi connectivity index (χ0) is 21.1. The SMILES string of the molecule is O=C(C=CCN1CCC(O)(c2cccc(C(F)(F)F)c2)CC1)c1ccc(F)cc1. The summed E-state index contributed by atoms with van der Waals surface area (Å²) in [6.07, 6.45) is -0.738. The van der Waals surface area contributed by atoms with E-state index in [0.29, 0.717) is 38.0 Å². The molecular weight excluding hydrogens is 386 g/mol. The Kier molecular flexibility index (Phi) is 6.19. The highest BCUT2D eigenvalue weighted by molar-refractivity contribution is 6.04. The van der Waals surface area contributed by atoms with Crippen LogP contribution in [0, 0.1) is 5.82 Å². The van der Waals surface area contributed by atoms with Gasteiger partial charge in [-0.3, -0.25) is 9.69 Å². The molecule has 1 fully saturated rings. The highest BCUT2D eigenvalue weighted by Crippen LogP contribution is 2.36. The topological polar surface area (TPSA) is 40.5 Å². The standard InChI is InChI=1S/C22H21F4NO2/c23-19-8-6-16(7-9-19)20(28)5-2-12-27-13-10-21(29,11-14-27)17-3-1-4-18(15-17)22(24,25)26/h1-9,15,29H,10-14H2. The molecule has 1 N–H and O–H groups in total. The second-order valence-corrected chi connectivity index (χ2v) is 7.18. The van der Waals surface area contributed by atoms with Crippen molar-refractivity contribution in [3.63, 3.8) is 0 Å². The van der Waals surface area contributed by atoms with Crippen LogP contribution >= 0.6 is 0 Å². The van der Waals surface area contributed by atoms with E-state index >= 15 is 0 Å².